The molecule has 0 aliphatic carbocycles. The summed E-state index contributed by atoms with van der Waals surface area (Å²) in [6, 6.07) is -5.25. The van der Waals surface area contributed by atoms with Crippen LogP contribution in [-0.2, 0) is 38.2 Å². The maximum atomic E-state index is 13.2. The molecule has 0 aromatic carbocycles. The molecule has 270 valence electrons. The second-order valence-corrected chi connectivity index (χ2v) is 12.0. The van der Waals surface area contributed by atoms with Gasteiger partial charge in [0.25, 0.3) is 0 Å². The largest absolute Gasteiger partial charge is 0.394 e. The summed E-state index contributed by atoms with van der Waals surface area (Å²) in [5.74, 6) is -4.01. The summed E-state index contributed by atoms with van der Waals surface area (Å²) in [4.78, 5) is 61.9. The van der Waals surface area contributed by atoms with Crippen molar-refractivity contribution in [3.63, 3.8) is 0 Å². The molecule has 2 fully saturated rings. The highest BCUT2D eigenvalue weighted by Gasteiger charge is 2.51. The summed E-state index contributed by atoms with van der Waals surface area (Å²) in [5.41, 5.74) is -1.25. The molecule has 20 nitrogen and oxygen atoms in total. The lowest BCUT2D eigenvalue weighted by molar-refractivity contribution is -0.329. The molecule has 0 aromatic rings. The lowest BCUT2D eigenvalue weighted by Gasteiger charge is -2.47. The zero-order valence-corrected chi connectivity index (χ0v) is 27.0. The van der Waals surface area contributed by atoms with Gasteiger partial charge in [-0.15, -0.1) is 11.8 Å². The Bertz CT molecular complexity index is 1090. The highest BCUT2D eigenvalue weighted by atomic mass is 32.2. The van der Waals surface area contributed by atoms with Gasteiger partial charge in [0.15, 0.2) is 6.29 Å². The number of hydrogen-bond donors (Lipinski definition) is 12. The Morgan fingerprint density at radius 2 is 1.36 bits per heavy atom. The van der Waals surface area contributed by atoms with Gasteiger partial charge in [0.05, 0.1) is 25.9 Å². The minimum Gasteiger partial charge on any atom is -0.394 e. The van der Waals surface area contributed by atoms with Crippen molar-refractivity contribution >= 4 is 41.3 Å². The average Bonchev–Trinajstić information content (AvgIpc) is 3.02. The van der Waals surface area contributed by atoms with Crippen LogP contribution in [0.2, 0.25) is 0 Å². The minimum absolute atomic E-state index is 0.349. The Balaban J connectivity index is 2.39. The van der Waals surface area contributed by atoms with Crippen molar-refractivity contribution in [2.24, 2.45) is 0 Å². The van der Waals surface area contributed by atoms with Crippen molar-refractivity contribution in [1.82, 2.24) is 26.6 Å². The van der Waals surface area contributed by atoms with Gasteiger partial charge < -0.3 is 76.5 Å². The van der Waals surface area contributed by atoms with Gasteiger partial charge in [-0.3, -0.25) is 24.0 Å². The van der Waals surface area contributed by atoms with Crippen molar-refractivity contribution in [3.05, 3.63) is 0 Å². The fourth-order valence-electron chi connectivity index (χ4n) is 4.78. The molecule has 2 saturated heterocycles. The van der Waals surface area contributed by atoms with E-state index >= 15 is 0 Å². The second-order valence-electron chi connectivity index (χ2n) is 10.9. The van der Waals surface area contributed by atoms with E-state index in [1.54, 1.807) is 0 Å². The van der Waals surface area contributed by atoms with E-state index in [0.717, 1.165) is 25.6 Å². The molecule has 0 saturated carbocycles. The summed E-state index contributed by atoms with van der Waals surface area (Å²) in [6.45, 7) is 1.25. The molecule has 47 heavy (non-hydrogen) atoms. The van der Waals surface area contributed by atoms with Crippen LogP contribution in [0.15, 0.2) is 0 Å². The van der Waals surface area contributed by atoms with E-state index in [-0.39, 0.29) is 5.75 Å². The Labute approximate surface area is 273 Å². The SMILES string of the molecule is CNC(=O)[C@H](C)NC(=O)[C@H](CS[C@H]1O[C@H](CO)[C@H](O)[C@H](O[C@@H]2O[C@H](CO)[C@H](O)[C@H](O)[C@H]2O)[C@H]1NC(C)=O)NC(=O)[C@H](CO)NC(C)=O. The van der Waals surface area contributed by atoms with E-state index in [1.807, 2.05) is 0 Å². The Morgan fingerprint density at radius 3 is 1.89 bits per heavy atom. The molecule has 2 aliphatic heterocycles. The van der Waals surface area contributed by atoms with Gasteiger partial charge in [0, 0.05) is 26.6 Å². The van der Waals surface area contributed by atoms with Crippen LogP contribution in [0, 0.1) is 0 Å². The van der Waals surface area contributed by atoms with Crippen LogP contribution < -0.4 is 26.6 Å². The summed E-state index contributed by atoms with van der Waals surface area (Å²) in [7, 11) is 1.34. The highest BCUT2D eigenvalue weighted by Crippen LogP contribution is 2.33. The number of amides is 5. The number of hydrogen-bond acceptors (Lipinski definition) is 16. The Hall–Kier alpha value is -2.70. The molecule has 0 radical (unpaired) electrons. The summed E-state index contributed by atoms with van der Waals surface area (Å²) in [6.07, 6.45) is -13.1. The number of aliphatic hydroxyl groups excluding tert-OH is 7. The van der Waals surface area contributed by atoms with E-state index in [1.165, 1.54) is 14.0 Å². The predicted octanol–water partition coefficient (Wildman–Crippen LogP) is -7.28. The van der Waals surface area contributed by atoms with Crippen molar-refractivity contribution in [2.75, 3.05) is 32.6 Å². The molecule has 0 aromatic heterocycles. The first kappa shape index (κ1) is 40.5. The van der Waals surface area contributed by atoms with E-state index in [9.17, 15) is 59.7 Å². The zero-order chi connectivity index (χ0) is 35.6. The van der Waals surface area contributed by atoms with Crippen LogP contribution in [0.1, 0.15) is 20.8 Å². The standard InChI is InChI=1S/C26H45N5O15S/c1-9(22(41)27-4)28-24(43)13(31-23(42)12(5-32)29-10(2)35)8-47-26-16(30-11(3)36)21(18(38)15(7-34)45-26)46-25-20(40)19(39)17(37)14(6-33)44-25/h9,12-21,25-26,32-34,37-40H,5-8H2,1-4H3,(H,27,41)(H,28,43)(H,29,35)(H,30,36)(H,31,42)/t9-,12-,13-,14+,15+,16+,17-,18-,19-,20+,21+,25-,26+/m0/s1. The van der Waals surface area contributed by atoms with Gasteiger partial charge in [-0.05, 0) is 6.92 Å². The predicted molar refractivity (Wildman–Crippen MR) is 159 cm³/mol. The first-order valence-electron chi connectivity index (χ1n) is 14.6. The fraction of sp³-hybridized carbons (Fsp3) is 0.808. The molecule has 21 heteroatoms. The topological polar surface area (TPSA) is 315 Å². The Kier molecular flexibility index (Phi) is 16.1. The second kappa shape index (κ2) is 18.7. The van der Waals surface area contributed by atoms with Gasteiger partial charge in [0.1, 0.15) is 66.3 Å². The minimum atomic E-state index is -1.88. The van der Waals surface area contributed by atoms with Crippen LogP contribution >= 0.6 is 11.8 Å². The van der Waals surface area contributed by atoms with Crippen molar-refractivity contribution in [3.8, 4) is 0 Å². The summed E-state index contributed by atoms with van der Waals surface area (Å²) in [5, 5.41) is 82.9. The maximum absolute atomic E-state index is 13.2. The molecular formula is C26H45N5O15S. The molecule has 0 bridgehead atoms. The van der Waals surface area contributed by atoms with E-state index < -0.39 is 128 Å². The number of carbonyl (C=O) groups is 5. The van der Waals surface area contributed by atoms with Crippen LogP contribution in [0.25, 0.3) is 0 Å². The highest BCUT2D eigenvalue weighted by molar-refractivity contribution is 7.99. The molecule has 0 spiro atoms. The fourth-order valence-corrected chi connectivity index (χ4v) is 6.05. The third-order valence-corrected chi connectivity index (χ3v) is 8.56. The normalized spacial score (nSPS) is 32.7. The number of likely N-dealkylation sites (N-methyl/N-ethyl adjacent to an activating group) is 1. The number of nitrogens with one attached hydrogen (secondary N) is 5. The van der Waals surface area contributed by atoms with Gasteiger partial charge in [-0.2, -0.15) is 0 Å². The maximum Gasteiger partial charge on any atom is 0.245 e. The van der Waals surface area contributed by atoms with Gasteiger partial charge in [-0.25, -0.2) is 0 Å². The van der Waals surface area contributed by atoms with E-state index in [4.69, 9.17) is 14.2 Å². The lowest BCUT2D eigenvalue weighted by atomic mass is 9.96. The van der Waals surface area contributed by atoms with Crippen LogP contribution in [0.3, 0.4) is 0 Å². The Morgan fingerprint density at radius 1 is 0.766 bits per heavy atom. The average molecular weight is 700 g/mol. The van der Waals surface area contributed by atoms with E-state index in [0.29, 0.717) is 0 Å². The molecular weight excluding hydrogens is 654 g/mol. The zero-order valence-electron chi connectivity index (χ0n) is 26.1. The monoisotopic (exact) mass is 699 g/mol. The molecule has 2 aliphatic rings. The lowest BCUT2D eigenvalue weighted by Crippen LogP contribution is -2.67. The first-order valence-corrected chi connectivity index (χ1v) is 15.6. The third kappa shape index (κ3) is 10.9. The summed E-state index contributed by atoms with van der Waals surface area (Å²) < 4.78 is 17.0. The number of ether oxygens (including phenoxy) is 3. The molecule has 12 N–H and O–H groups in total. The number of carbonyl (C=O) groups excluding carboxylic acids is 5. The molecule has 2 heterocycles. The molecule has 2 rings (SSSR count). The van der Waals surface area contributed by atoms with E-state index in [2.05, 4.69) is 26.6 Å². The number of thioether (sulfide) groups is 1. The quantitative estimate of drug-likeness (QED) is 0.0755. The van der Waals surface area contributed by atoms with Gasteiger partial charge in [0.2, 0.25) is 29.5 Å². The van der Waals surface area contributed by atoms with Crippen molar-refractivity contribution < 1.29 is 73.9 Å². The van der Waals surface area contributed by atoms with Crippen LogP contribution in [0.5, 0.6) is 0 Å². The van der Waals surface area contributed by atoms with Crippen molar-refractivity contribution in [2.45, 2.75) is 99.4 Å². The smallest absolute Gasteiger partial charge is 0.245 e. The van der Waals surface area contributed by atoms with Crippen LogP contribution in [0.4, 0.5) is 0 Å². The first-order chi connectivity index (χ1) is 22.1. The third-order valence-electron chi connectivity index (χ3n) is 7.30. The molecule has 5 amide bonds. The number of aliphatic hydroxyl groups is 7. The summed E-state index contributed by atoms with van der Waals surface area (Å²) >= 11 is 0.796. The van der Waals surface area contributed by atoms with Gasteiger partial charge in [-0.1, -0.05) is 0 Å². The molecule has 0 unspecified atom stereocenters. The number of rotatable bonds is 15. The molecule has 13 atom stereocenters. The van der Waals surface area contributed by atoms with Gasteiger partial charge >= 0.3 is 0 Å². The van der Waals surface area contributed by atoms with Crippen LogP contribution in [-0.4, -0.2) is 177 Å². The van der Waals surface area contributed by atoms with Crippen molar-refractivity contribution in [1.29, 1.82) is 0 Å².